The molecule has 2 aromatic heterocycles. The minimum absolute atomic E-state index is 0.275. The number of nitrogens with one attached hydrogen (secondary N) is 1. The van der Waals surface area contributed by atoms with E-state index in [-0.39, 0.29) is 6.04 Å². The summed E-state index contributed by atoms with van der Waals surface area (Å²) in [5.74, 6) is -0.178. The van der Waals surface area contributed by atoms with Gasteiger partial charge in [-0.2, -0.15) is 5.10 Å². The van der Waals surface area contributed by atoms with Crippen molar-refractivity contribution >= 4 is 23.4 Å². The maximum atomic E-state index is 14.4. The molecule has 2 fully saturated rings. The van der Waals surface area contributed by atoms with Gasteiger partial charge in [-0.15, -0.1) is 0 Å². The Morgan fingerprint density at radius 2 is 2.07 bits per heavy atom. The molecule has 0 spiro atoms. The molecule has 2 atom stereocenters. The van der Waals surface area contributed by atoms with Crippen LogP contribution in [0.2, 0.25) is 0 Å². The highest BCUT2D eigenvalue weighted by Gasteiger charge is 2.31. The first-order valence-corrected chi connectivity index (χ1v) is 9.67. The zero-order valence-electron chi connectivity index (χ0n) is 15.6. The first kappa shape index (κ1) is 18.0. The molecule has 150 valence electrons. The van der Waals surface area contributed by atoms with Crippen LogP contribution in [0.3, 0.4) is 0 Å². The summed E-state index contributed by atoms with van der Waals surface area (Å²) in [5, 5.41) is 7.47. The van der Waals surface area contributed by atoms with Gasteiger partial charge in [0.05, 0.1) is 12.2 Å². The van der Waals surface area contributed by atoms with Gasteiger partial charge in [0.1, 0.15) is 29.3 Å². The summed E-state index contributed by atoms with van der Waals surface area (Å²) in [6.45, 7) is 2.08. The van der Waals surface area contributed by atoms with Gasteiger partial charge in [-0.1, -0.05) is 0 Å². The van der Waals surface area contributed by atoms with Crippen molar-refractivity contribution in [2.24, 2.45) is 0 Å². The topological polar surface area (TPSA) is 65.8 Å². The molecule has 2 aliphatic rings. The second-order valence-electron chi connectivity index (χ2n) is 7.33. The quantitative estimate of drug-likeness (QED) is 0.681. The lowest BCUT2D eigenvalue weighted by Gasteiger charge is -2.27. The number of nitrogens with zero attached hydrogens (tertiary/aromatic N) is 5. The molecule has 7 nitrogen and oxygen atoms in total. The molecule has 0 amide bonds. The Morgan fingerprint density at radius 1 is 1.17 bits per heavy atom. The van der Waals surface area contributed by atoms with Gasteiger partial charge in [-0.05, 0) is 37.1 Å². The summed E-state index contributed by atoms with van der Waals surface area (Å²) in [6, 6.07) is 5.13. The summed E-state index contributed by atoms with van der Waals surface area (Å²) in [5.41, 5.74) is 1.74. The Kier molecular flexibility index (Phi) is 4.39. The van der Waals surface area contributed by atoms with Crippen LogP contribution in [0.25, 0.3) is 5.65 Å². The monoisotopic (exact) mass is 398 g/mol. The fourth-order valence-corrected chi connectivity index (χ4v) is 4.32. The van der Waals surface area contributed by atoms with E-state index in [2.05, 4.69) is 10.4 Å². The van der Waals surface area contributed by atoms with E-state index in [1.165, 1.54) is 12.1 Å². The predicted octanol–water partition coefficient (Wildman–Crippen LogP) is 2.28. The van der Waals surface area contributed by atoms with Crippen LogP contribution in [0.4, 0.5) is 20.3 Å². The molecule has 9 heteroatoms. The first-order chi connectivity index (χ1) is 14.2. The van der Waals surface area contributed by atoms with E-state index < -0.39 is 17.8 Å². The minimum atomic E-state index is -0.448. The molecular formula is C20H20F2N6O. The Morgan fingerprint density at radius 3 is 2.93 bits per heavy atom. The van der Waals surface area contributed by atoms with Gasteiger partial charge in [-0.3, -0.25) is 10.1 Å². The van der Waals surface area contributed by atoms with Crippen molar-refractivity contribution in [3.05, 3.63) is 53.9 Å². The lowest BCUT2D eigenvalue weighted by Crippen LogP contribution is -2.37. The third-order valence-electron chi connectivity index (χ3n) is 5.68. The van der Waals surface area contributed by atoms with E-state index in [9.17, 15) is 13.6 Å². The van der Waals surface area contributed by atoms with Crippen LogP contribution in [0, 0.1) is 11.6 Å². The van der Waals surface area contributed by atoms with E-state index in [0.717, 1.165) is 30.9 Å². The molecule has 3 aromatic rings. The van der Waals surface area contributed by atoms with Gasteiger partial charge < -0.3 is 9.80 Å². The first-order valence-electron chi connectivity index (χ1n) is 9.67. The number of rotatable bonds is 4. The number of hydrogen-bond acceptors (Lipinski definition) is 6. The van der Waals surface area contributed by atoms with E-state index in [1.54, 1.807) is 16.9 Å². The molecule has 4 heterocycles. The zero-order chi connectivity index (χ0) is 20.0. The van der Waals surface area contributed by atoms with Crippen LogP contribution in [0.5, 0.6) is 0 Å². The van der Waals surface area contributed by atoms with Gasteiger partial charge in [0.25, 0.3) is 0 Å². The van der Waals surface area contributed by atoms with E-state index in [0.29, 0.717) is 36.7 Å². The van der Waals surface area contributed by atoms with Crippen molar-refractivity contribution in [1.82, 2.24) is 19.9 Å². The number of carbonyl (C=O) groups excluding carboxylic acids is 1. The van der Waals surface area contributed by atoms with Crippen molar-refractivity contribution in [1.29, 1.82) is 0 Å². The van der Waals surface area contributed by atoms with Gasteiger partial charge in [0.15, 0.2) is 11.9 Å². The number of aromatic nitrogens is 3. The highest BCUT2D eigenvalue weighted by molar-refractivity contribution is 5.75. The molecule has 1 unspecified atom stereocenters. The Hall–Kier alpha value is -3.07. The van der Waals surface area contributed by atoms with Gasteiger partial charge >= 0.3 is 0 Å². The molecule has 0 bridgehead atoms. The molecule has 1 aromatic carbocycles. The number of aldehydes is 1. The normalized spacial score (nSPS) is 22.0. The van der Waals surface area contributed by atoms with Crippen LogP contribution in [-0.4, -0.2) is 46.7 Å². The molecule has 0 radical (unpaired) electrons. The molecule has 2 aliphatic heterocycles. The van der Waals surface area contributed by atoms with Crippen molar-refractivity contribution in [3.63, 3.8) is 0 Å². The van der Waals surface area contributed by atoms with Crippen LogP contribution >= 0.6 is 0 Å². The summed E-state index contributed by atoms with van der Waals surface area (Å²) in [7, 11) is 0. The lowest BCUT2D eigenvalue weighted by molar-refractivity contribution is -0.109. The highest BCUT2D eigenvalue weighted by atomic mass is 19.1. The van der Waals surface area contributed by atoms with Gasteiger partial charge in [0, 0.05) is 31.4 Å². The third-order valence-corrected chi connectivity index (χ3v) is 5.68. The van der Waals surface area contributed by atoms with E-state index >= 15 is 0 Å². The third kappa shape index (κ3) is 3.02. The average Bonchev–Trinajstić information content (AvgIpc) is 3.47. The standard InChI is InChI=1S/C20H20F2N6O/c21-13-3-4-15(22)14(10-13)16-2-1-7-26(16)18-5-8-28-20(25-18)17(11-24-28)27-9-6-23-19(27)12-29/h3-5,8,10-12,16,19,23H,1-2,6-7,9H2/t16?,19-/m1/s1. The van der Waals surface area contributed by atoms with Crippen LogP contribution in [0.1, 0.15) is 24.4 Å². The predicted molar refractivity (Wildman–Crippen MR) is 104 cm³/mol. The number of anilines is 2. The second kappa shape index (κ2) is 7.07. The maximum absolute atomic E-state index is 14.4. The van der Waals surface area contributed by atoms with Crippen LogP contribution in [-0.2, 0) is 4.79 Å². The Labute approximate surface area is 165 Å². The minimum Gasteiger partial charge on any atom is -0.349 e. The Bertz CT molecular complexity index is 1070. The fraction of sp³-hybridized carbons (Fsp3) is 0.350. The molecular weight excluding hydrogens is 378 g/mol. The molecule has 29 heavy (non-hydrogen) atoms. The van der Waals surface area contributed by atoms with E-state index in [1.807, 2.05) is 15.9 Å². The van der Waals surface area contributed by atoms with Gasteiger partial charge in [-0.25, -0.2) is 18.3 Å². The molecule has 0 saturated carbocycles. The number of fused-ring (bicyclic) bond motifs is 1. The summed E-state index contributed by atoms with van der Waals surface area (Å²) < 4.78 is 29.8. The van der Waals surface area contributed by atoms with Gasteiger partial charge in [0.2, 0.25) is 0 Å². The molecule has 0 aliphatic carbocycles. The second-order valence-corrected chi connectivity index (χ2v) is 7.33. The maximum Gasteiger partial charge on any atom is 0.180 e. The molecule has 1 N–H and O–H groups in total. The summed E-state index contributed by atoms with van der Waals surface area (Å²) in [6.07, 6.45) is 5.55. The van der Waals surface area contributed by atoms with Crippen LogP contribution in [0.15, 0.2) is 36.7 Å². The molecule has 2 saturated heterocycles. The molecule has 5 rings (SSSR count). The van der Waals surface area contributed by atoms with Crippen molar-refractivity contribution < 1.29 is 13.6 Å². The summed E-state index contributed by atoms with van der Waals surface area (Å²) in [4.78, 5) is 20.1. The Balaban J connectivity index is 1.54. The average molecular weight is 398 g/mol. The van der Waals surface area contributed by atoms with Crippen LogP contribution < -0.4 is 15.1 Å². The number of carbonyl (C=O) groups is 1. The lowest BCUT2D eigenvalue weighted by atomic mass is 10.0. The smallest absolute Gasteiger partial charge is 0.180 e. The number of halogens is 2. The zero-order valence-corrected chi connectivity index (χ0v) is 15.6. The fourth-order valence-electron chi connectivity index (χ4n) is 4.32. The van der Waals surface area contributed by atoms with Crippen molar-refractivity contribution in [2.45, 2.75) is 25.0 Å². The van der Waals surface area contributed by atoms with Crippen molar-refractivity contribution in [3.8, 4) is 0 Å². The largest absolute Gasteiger partial charge is 0.349 e. The van der Waals surface area contributed by atoms with E-state index in [4.69, 9.17) is 4.98 Å². The van der Waals surface area contributed by atoms with Crippen molar-refractivity contribution in [2.75, 3.05) is 29.4 Å². The number of hydrogen-bond donors (Lipinski definition) is 1. The number of benzene rings is 1. The highest BCUT2D eigenvalue weighted by Crippen LogP contribution is 2.37. The SMILES string of the molecule is O=C[C@@H]1NCCN1c1cnn2ccc(N3CCCC3c3cc(F)ccc3F)nc12. The summed E-state index contributed by atoms with van der Waals surface area (Å²) >= 11 is 0.